The van der Waals surface area contributed by atoms with Gasteiger partial charge >= 0.3 is 0 Å². The Morgan fingerprint density at radius 2 is 2.24 bits per heavy atom. The van der Waals surface area contributed by atoms with Gasteiger partial charge in [-0.05, 0) is 31.5 Å². The van der Waals surface area contributed by atoms with Gasteiger partial charge in [0.1, 0.15) is 0 Å². The highest BCUT2D eigenvalue weighted by molar-refractivity contribution is 5.49. The summed E-state index contributed by atoms with van der Waals surface area (Å²) in [5.41, 5.74) is 2.21. The van der Waals surface area contributed by atoms with Crippen LogP contribution in [-0.2, 0) is 0 Å². The van der Waals surface area contributed by atoms with Gasteiger partial charge in [-0.3, -0.25) is 0 Å². The Kier molecular flexibility index (Phi) is 5.70. The van der Waals surface area contributed by atoms with Crippen molar-refractivity contribution >= 4 is 6.08 Å². The molecule has 0 saturated heterocycles. The number of pyridine rings is 1. The van der Waals surface area contributed by atoms with Crippen LogP contribution >= 0.6 is 0 Å². The fourth-order valence-electron chi connectivity index (χ4n) is 1.49. The summed E-state index contributed by atoms with van der Waals surface area (Å²) < 4.78 is 5.09. The van der Waals surface area contributed by atoms with Gasteiger partial charge in [-0.1, -0.05) is 25.5 Å². The molecule has 1 N–H and O–H groups in total. The van der Waals surface area contributed by atoms with Crippen LogP contribution in [0.3, 0.4) is 0 Å². The van der Waals surface area contributed by atoms with Crippen LogP contribution in [0.2, 0.25) is 0 Å². The Morgan fingerprint density at radius 1 is 1.47 bits per heavy atom. The van der Waals surface area contributed by atoms with Gasteiger partial charge in [-0.2, -0.15) is 0 Å². The Morgan fingerprint density at radius 3 is 2.88 bits per heavy atom. The predicted molar refractivity (Wildman–Crippen MR) is 72.1 cm³/mol. The number of nitrogens with zero attached hydrogens (tertiary/aromatic N) is 1. The Balaban J connectivity index is 2.54. The van der Waals surface area contributed by atoms with E-state index in [4.69, 9.17) is 4.74 Å². The van der Waals surface area contributed by atoms with Crippen LogP contribution in [0.5, 0.6) is 5.88 Å². The Hall–Kier alpha value is -1.35. The molecule has 3 heteroatoms. The molecule has 0 unspecified atom stereocenters. The molecule has 0 aromatic carbocycles. The summed E-state index contributed by atoms with van der Waals surface area (Å²) in [5.74, 6) is 1.33. The first-order valence-corrected chi connectivity index (χ1v) is 6.00. The minimum Gasteiger partial charge on any atom is -0.481 e. The highest BCUT2D eigenvalue weighted by Gasteiger charge is 1.97. The van der Waals surface area contributed by atoms with Crippen LogP contribution in [0, 0.1) is 5.92 Å². The molecular weight excluding hydrogens is 212 g/mol. The van der Waals surface area contributed by atoms with Crippen molar-refractivity contribution < 1.29 is 4.74 Å². The van der Waals surface area contributed by atoms with E-state index in [2.05, 4.69) is 37.1 Å². The van der Waals surface area contributed by atoms with Gasteiger partial charge in [0.2, 0.25) is 5.88 Å². The monoisotopic (exact) mass is 234 g/mol. The molecule has 0 amide bonds. The van der Waals surface area contributed by atoms with Crippen molar-refractivity contribution in [1.29, 1.82) is 0 Å². The normalized spacial score (nSPS) is 11.9. The van der Waals surface area contributed by atoms with Crippen molar-refractivity contribution in [2.75, 3.05) is 20.2 Å². The van der Waals surface area contributed by atoms with Crippen LogP contribution in [-0.4, -0.2) is 25.2 Å². The molecule has 1 rings (SSSR count). The molecule has 1 aromatic rings. The van der Waals surface area contributed by atoms with E-state index in [1.54, 1.807) is 7.11 Å². The van der Waals surface area contributed by atoms with E-state index in [0.29, 0.717) is 11.8 Å². The van der Waals surface area contributed by atoms with Gasteiger partial charge < -0.3 is 10.1 Å². The average Bonchev–Trinajstić information content (AvgIpc) is 2.28. The summed E-state index contributed by atoms with van der Waals surface area (Å²) in [6, 6.07) is 5.78. The predicted octanol–water partition coefficient (Wildman–Crippen LogP) is 2.74. The smallest absolute Gasteiger partial charge is 0.213 e. The molecule has 17 heavy (non-hydrogen) atoms. The molecule has 0 spiro atoms. The van der Waals surface area contributed by atoms with Crippen molar-refractivity contribution in [3.8, 4) is 5.88 Å². The first kappa shape index (κ1) is 13.7. The Bertz CT molecular complexity index is 372. The molecule has 94 valence electrons. The lowest BCUT2D eigenvalue weighted by atomic mass is 10.2. The lowest BCUT2D eigenvalue weighted by Crippen LogP contribution is -2.21. The van der Waals surface area contributed by atoms with E-state index in [-0.39, 0.29) is 0 Å². The summed E-state index contributed by atoms with van der Waals surface area (Å²) in [7, 11) is 1.63. The molecule has 0 radical (unpaired) electrons. The number of ether oxygens (including phenoxy) is 1. The van der Waals surface area contributed by atoms with Gasteiger partial charge in [-0.25, -0.2) is 4.98 Å². The lowest BCUT2D eigenvalue weighted by Gasteiger charge is -2.07. The maximum absolute atomic E-state index is 5.09. The maximum atomic E-state index is 5.09. The first-order valence-electron chi connectivity index (χ1n) is 6.00. The molecule has 0 aliphatic rings. The quantitative estimate of drug-likeness (QED) is 0.821. The zero-order chi connectivity index (χ0) is 12.7. The fourth-order valence-corrected chi connectivity index (χ4v) is 1.49. The topological polar surface area (TPSA) is 34.1 Å². The van der Waals surface area contributed by atoms with Crippen molar-refractivity contribution in [2.24, 2.45) is 5.92 Å². The summed E-state index contributed by atoms with van der Waals surface area (Å²) in [4.78, 5) is 4.35. The third-order valence-corrected chi connectivity index (χ3v) is 2.30. The molecule has 0 aliphatic heterocycles. The van der Waals surface area contributed by atoms with Crippen LogP contribution in [0.1, 0.15) is 26.5 Å². The number of hydrogen-bond donors (Lipinski definition) is 1. The SMILES string of the molecule is COc1cccc(/C=C(/C)CNCC(C)C)n1. The molecule has 0 atom stereocenters. The molecule has 0 saturated carbocycles. The Labute approximate surface area is 104 Å². The lowest BCUT2D eigenvalue weighted by molar-refractivity contribution is 0.397. The van der Waals surface area contributed by atoms with Gasteiger partial charge in [0.05, 0.1) is 12.8 Å². The zero-order valence-corrected chi connectivity index (χ0v) is 11.2. The number of hydrogen-bond acceptors (Lipinski definition) is 3. The average molecular weight is 234 g/mol. The number of nitrogens with one attached hydrogen (secondary N) is 1. The fraction of sp³-hybridized carbons (Fsp3) is 0.500. The summed E-state index contributed by atoms with van der Waals surface area (Å²) in [6.45, 7) is 8.45. The number of methoxy groups -OCH3 is 1. The summed E-state index contributed by atoms with van der Waals surface area (Å²) >= 11 is 0. The van der Waals surface area contributed by atoms with E-state index < -0.39 is 0 Å². The number of rotatable bonds is 6. The second kappa shape index (κ2) is 7.07. The molecule has 1 aromatic heterocycles. The standard InChI is InChI=1S/C14H22N2O/c1-11(2)9-15-10-12(3)8-13-6-5-7-14(16-13)17-4/h5-8,11,15H,9-10H2,1-4H3/b12-8-. The molecule has 0 bridgehead atoms. The summed E-state index contributed by atoms with van der Waals surface area (Å²) in [6.07, 6.45) is 2.08. The van der Waals surface area contributed by atoms with Crippen LogP contribution in [0.25, 0.3) is 6.08 Å². The van der Waals surface area contributed by atoms with E-state index >= 15 is 0 Å². The van der Waals surface area contributed by atoms with Gasteiger partial charge in [0.25, 0.3) is 0 Å². The minimum absolute atomic E-state index is 0.654. The number of aromatic nitrogens is 1. The van der Waals surface area contributed by atoms with Crippen molar-refractivity contribution in [3.63, 3.8) is 0 Å². The van der Waals surface area contributed by atoms with Gasteiger partial charge in [-0.15, -0.1) is 0 Å². The highest BCUT2D eigenvalue weighted by Crippen LogP contribution is 2.09. The zero-order valence-electron chi connectivity index (χ0n) is 11.2. The highest BCUT2D eigenvalue weighted by atomic mass is 16.5. The second-order valence-electron chi connectivity index (χ2n) is 4.62. The van der Waals surface area contributed by atoms with Crippen LogP contribution < -0.4 is 10.1 Å². The van der Waals surface area contributed by atoms with Crippen molar-refractivity contribution in [1.82, 2.24) is 10.3 Å². The first-order chi connectivity index (χ1) is 8.11. The summed E-state index contributed by atoms with van der Waals surface area (Å²) in [5, 5.41) is 3.41. The van der Waals surface area contributed by atoms with E-state index in [9.17, 15) is 0 Å². The molecule has 3 nitrogen and oxygen atoms in total. The van der Waals surface area contributed by atoms with Gasteiger partial charge in [0, 0.05) is 12.6 Å². The molecule has 0 fully saturated rings. The molecular formula is C14H22N2O. The molecule has 1 heterocycles. The largest absolute Gasteiger partial charge is 0.481 e. The van der Waals surface area contributed by atoms with E-state index in [0.717, 1.165) is 18.8 Å². The second-order valence-corrected chi connectivity index (χ2v) is 4.62. The minimum atomic E-state index is 0.654. The maximum Gasteiger partial charge on any atom is 0.213 e. The third-order valence-electron chi connectivity index (χ3n) is 2.30. The van der Waals surface area contributed by atoms with Crippen LogP contribution in [0.15, 0.2) is 23.8 Å². The van der Waals surface area contributed by atoms with Crippen molar-refractivity contribution in [2.45, 2.75) is 20.8 Å². The van der Waals surface area contributed by atoms with Crippen molar-refractivity contribution in [3.05, 3.63) is 29.5 Å². The van der Waals surface area contributed by atoms with E-state index in [1.807, 2.05) is 18.2 Å². The van der Waals surface area contributed by atoms with Gasteiger partial charge in [0.15, 0.2) is 0 Å². The van der Waals surface area contributed by atoms with E-state index in [1.165, 1.54) is 5.57 Å². The molecule has 0 aliphatic carbocycles. The van der Waals surface area contributed by atoms with Crippen LogP contribution in [0.4, 0.5) is 0 Å². The third kappa shape index (κ3) is 5.50.